The molecule has 1 saturated carbocycles. The van der Waals surface area contributed by atoms with E-state index in [1.165, 1.54) is 11.6 Å². The number of hydrogen-bond acceptors (Lipinski definition) is 1. The number of halogens is 3. The zero-order chi connectivity index (χ0) is 14.1. The highest BCUT2D eigenvalue weighted by Crippen LogP contribution is 2.42. The molecule has 0 aliphatic heterocycles. The molecular weight excluding hydrogens is 296 g/mol. The molecule has 1 fully saturated rings. The molecule has 3 rings (SSSR count). The van der Waals surface area contributed by atoms with Crippen LogP contribution in [0.1, 0.15) is 24.3 Å². The number of benzene rings is 2. The fourth-order valence-electron chi connectivity index (χ4n) is 2.64. The SMILES string of the molecule is Fc1cccc(Cl)c1NC1CC(c2ccccc2Cl)C1. The highest BCUT2D eigenvalue weighted by Gasteiger charge is 2.32. The van der Waals surface area contributed by atoms with E-state index in [0.29, 0.717) is 16.6 Å². The molecule has 1 aliphatic rings. The van der Waals surface area contributed by atoms with Crippen LogP contribution in [0.4, 0.5) is 10.1 Å². The lowest BCUT2D eigenvalue weighted by Gasteiger charge is -2.37. The lowest BCUT2D eigenvalue weighted by molar-refractivity contribution is 0.373. The second kappa shape index (κ2) is 5.63. The first-order valence-corrected chi connectivity index (χ1v) is 7.35. The van der Waals surface area contributed by atoms with Crippen LogP contribution >= 0.6 is 23.2 Å². The number of nitrogens with one attached hydrogen (secondary N) is 1. The molecule has 2 aromatic carbocycles. The third kappa shape index (κ3) is 2.63. The third-order valence-corrected chi connectivity index (χ3v) is 4.45. The first kappa shape index (κ1) is 13.7. The van der Waals surface area contributed by atoms with Gasteiger partial charge in [0, 0.05) is 11.1 Å². The summed E-state index contributed by atoms with van der Waals surface area (Å²) in [5, 5.41) is 4.41. The average Bonchev–Trinajstić information content (AvgIpc) is 2.37. The minimum atomic E-state index is -0.307. The van der Waals surface area contributed by atoms with Crippen LogP contribution in [0.15, 0.2) is 42.5 Å². The van der Waals surface area contributed by atoms with Crippen molar-refractivity contribution in [2.24, 2.45) is 0 Å². The van der Waals surface area contributed by atoms with E-state index < -0.39 is 0 Å². The monoisotopic (exact) mass is 309 g/mol. The lowest BCUT2D eigenvalue weighted by Crippen LogP contribution is -2.34. The van der Waals surface area contributed by atoms with Crippen molar-refractivity contribution in [2.75, 3.05) is 5.32 Å². The van der Waals surface area contributed by atoms with E-state index in [4.69, 9.17) is 23.2 Å². The number of anilines is 1. The number of hydrogen-bond donors (Lipinski definition) is 1. The van der Waals surface area contributed by atoms with Crippen molar-refractivity contribution >= 4 is 28.9 Å². The normalized spacial score (nSPS) is 21.4. The first-order chi connectivity index (χ1) is 9.65. The summed E-state index contributed by atoms with van der Waals surface area (Å²) in [6, 6.07) is 12.8. The summed E-state index contributed by atoms with van der Waals surface area (Å²) in [4.78, 5) is 0. The largest absolute Gasteiger partial charge is 0.379 e. The maximum Gasteiger partial charge on any atom is 0.147 e. The van der Waals surface area contributed by atoms with Crippen LogP contribution < -0.4 is 5.32 Å². The van der Waals surface area contributed by atoms with E-state index in [0.717, 1.165) is 17.9 Å². The van der Waals surface area contributed by atoms with Gasteiger partial charge in [0.25, 0.3) is 0 Å². The molecule has 0 unspecified atom stereocenters. The van der Waals surface area contributed by atoms with E-state index in [1.54, 1.807) is 12.1 Å². The van der Waals surface area contributed by atoms with Gasteiger partial charge in [-0.3, -0.25) is 0 Å². The minimum Gasteiger partial charge on any atom is -0.379 e. The molecule has 0 spiro atoms. The fraction of sp³-hybridized carbons (Fsp3) is 0.250. The molecule has 0 bridgehead atoms. The highest BCUT2D eigenvalue weighted by atomic mass is 35.5. The lowest BCUT2D eigenvalue weighted by atomic mass is 9.76. The van der Waals surface area contributed by atoms with Crippen molar-refractivity contribution in [1.82, 2.24) is 0 Å². The summed E-state index contributed by atoms with van der Waals surface area (Å²) in [6.07, 6.45) is 1.88. The Morgan fingerprint density at radius 1 is 0.950 bits per heavy atom. The number of rotatable bonds is 3. The summed E-state index contributed by atoms with van der Waals surface area (Å²) in [6.45, 7) is 0. The van der Waals surface area contributed by atoms with Crippen molar-refractivity contribution in [1.29, 1.82) is 0 Å². The van der Waals surface area contributed by atoms with Crippen molar-refractivity contribution < 1.29 is 4.39 Å². The predicted molar refractivity (Wildman–Crippen MR) is 82.2 cm³/mol. The van der Waals surface area contributed by atoms with Gasteiger partial charge in [-0.15, -0.1) is 0 Å². The molecule has 1 nitrogen and oxygen atoms in total. The molecule has 0 saturated heterocycles. The van der Waals surface area contributed by atoms with Crippen molar-refractivity contribution in [3.05, 3.63) is 63.9 Å². The molecule has 0 radical (unpaired) electrons. The molecule has 20 heavy (non-hydrogen) atoms. The van der Waals surface area contributed by atoms with E-state index in [2.05, 4.69) is 11.4 Å². The summed E-state index contributed by atoms with van der Waals surface area (Å²) in [7, 11) is 0. The molecule has 0 atom stereocenters. The summed E-state index contributed by atoms with van der Waals surface area (Å²) in [5.41, 5.74) is 1.57. The van der Waals surface area contributed by atoms with Gasteiger partial charge in [-0.05, 0) is 42.5 Å². The van der Waals surface area contributed by atoms with Crippen LogP contribution in [0, 0.1) is 5.82 Å². The smallest absolute Gasteiger partial charge is 0.147 e. The summed E-state index contributed by atoms with van der Waals surface area (Å²) in [5.74, 6) is 0.130. The molecule has 0 aromatic heterocycles. The van der Waals surface area contributed by atoms with Gasteiger partial charge >= 0.3 is 0 Å². The Hall–Kier alpha value is -1.25. The standard InChI is InChI=1S/C16H14Cl2FN/c17-13-5-2-1-4-12(13)10-8-11(9-10)20-16-14(18)6-3-7-15(16)19/h1-7,10-11,20H,8-9H2. The molecule has 0 heterocycles. The molecule has 2 aromatic rings. The maximum absolute atomic E-state index is 13.7. The Kier molecular flexibility index (Phi) is 3.86. The first-order valence-electron chi connectivity index (χ1n) is 6.60. The van der Waals surface area contributed by atoms with Crippen molar-refractivity contribution in [3.8, 4) is 0 Å². The van der Waals surface area contributed by atoms with Crippen molar-refractivity contribution in [2.45, 2.75) is 24.8 Å². The highest BCUT2D eigenvalue weighted by molar-refractivity contribution is 6.33. The Labute approximate surface area is 127 Å². The Morgan fingerprint density at radius 2 is 1.65 bits per heavy atom. The van der Waals surface area contributed by atoms with E-state index in [-0.39, 0.29) is 11.9 Å². The molecule has 4 heteroatoms. The van der Waals surface area contributed by atoms with Gasteiger partial charge in [0.2, 0.25) is 0 Å². The van der Waals surface area contributed by atoms with Gasteiger partial charge in [0.15, 0.2) is 0 Å². The predicted octanol–water partition coefficient (Wildman–Crippen LogP) is 5.49. The molecule has 0 amide bonds. The quantitative estimate of drug-likeness (QED) is 0.790. The molecule has 1 N–H and O–H groups in total. The third-order valence-electron chi connectivity index (χ3n) is 3.79. The summed E-state index contributed by atoms with van der Waals surface area (Å²) < 4.78 is 13.7. The van der Waals surface area contributed by atoms with Crippen LogP contribution in [0.3, 0.4) is 0 Å². The number of para-hydroxylation sites is 1. The molecule has 1 aliphatic carbocycles. The van der Waals surface area contributed by atoms with Crippen LogP contribution in [0.2, 0.25) is 10.0 Å². The molecule has 104 valence electrons. The Bertz CT molecular complexity index is 603. The van der Waals surface area contributed by atoms with Crippen molar-refractivity contribution in [3.63, 3.8) is 0 Å². The van der Waals surface area contributed by atoms with Gasteiger partial charge in [-0.2, -0.15) is 0 Å². The second-order valence-corrected chi connectivity index (χ2v) is 5.94. The van der Waals surface area contributed by atoms with Gasteiger partial charge < -0.3 is 5.32 Å². The van der Waals surface area contributed by atoms with E-state index in [9.17, 15) is 4.39 Å². The van der Waals surface area contributed by atoms with Crippen LogP contribution in [0.25, 0.3) is 0 Å². The van der Waals surface area contributed by atoms with Crippen LogP contribution in [-0.2, 0) is 0 Å². The topological polar surface area (TPSA) is 12.0 Å². The fourth-order valence-corrected chi connectivity index (χ4v) is 3.14. The van der Waals surface area contributed by atoms with E-state index in [1.807, 2.05) is 18.2 Å². The average molecular weight is 310 g/mol. The van der Waals surface area contributed by atoms with Crippen LogP contribution in [-0.4, -0.2) is 6.04 Å². The minimum absolute atomic E-state index is 0.241. The Morgan fingerprint density at radius 3 is 2.35 bits per heavy atom. The second-order valence-electron chi connectivity index (χ2n) is 5.13. The van der Waals surface area contributed by atoms with Gasteiger partial charge in [0.1, 0.15) is 5.82 Å². The zero-order valence-corrected chi connectivity index (χ0v) is 12.3. The van der Waals surface area contributed by atoms with Gasteiger partial charge in [-0.1, -0.05) is 47.5 Å². The van der Waals surface area contributed by atoms with Crippen LogP contribution in [0.5, 0.6) is 0 Å². The molecular formula is C16H14Cl2FN. The Balaban J connectivity index is 1.66. The van der Waals surface area contributed by atoms with E-state index >= 15 is 0 Å². The van der Waals surface area contributed by atoms with Gasteiger partial charge in [0.05, 0.1) is 10.7 Å². The summed E-state index contributed by atoms with van der Waals surface area (Å²) >= 11 is 12.2. The maximum atomic E-state index is 13.7. The zero-order valence-electron chi connectivity index (χ0n) is 10.7. The van der Waals surface area contributed by atoms with Gasteiger partial charge in [-0.25, -0.2) is 4.39 Å².